The lowest BCUT2D eigenvalue weighted by atomic mass is 10.1. The number of sulfonamides is 1. The Balaban J connectivity index is 2.46. The first kappa shape index (κ1) is 19.5. The fourth-order valence-corrected chi connectivity index (χ4v) is 3.56. The summed E-state index contributed by atoms with van der Waals surface area (Å²) in [6.45, 7) is 4.90. The Hall–Kier alpha value is -2.78. The van der Waals surface area contributed by atoms with Crippen molar-refractivity contribution in [2.24, 2.45) is 0 Å². The van der Waals surface area contributed by atoms with E-state index in [0.29, 0.717) is 22.4 Å². The molecule has 2 rings (SSSR count). The molecule has 0 aliphatic rings. The van der Waals surface area contributed by atoms with Crippen LogP contribution in [-0.2, 0) is 10.0 Å². The van der Waals surface area contributed by atoms with Crippen molar-refractivity contribution in [3.63, 3.8) is 0 Å². The van der Waals surface area contributed by atoms with E-state index in [1.165, 1.54) is 32.2 Å². The molecule has 26 heavy (non-hydrogen) atoms. The summed E-state index contributed by atoms with van der Waals surface area (Å²) < 4.78 is 26.6. The van der Waals surface area contributed by atoms with Gasteiger partial charge in [0.1, 0.15) is 0 Å². The number of rotatable bonds is 5. The molecule has 2 aromatic carbocycles. The summed E-state index contributed by atoms with van der Waals surface area (Å²) in [6, 6.07) is 7.23. The number of nitro groups is 1. The van der Waals surface area contributed by atoms with Crippen LogP contribution in [0.15, 0.2) is 35.2 Å². The van der Waals surface area contributed by atoms with Crippen LogP contribution >= 0.6 is 0 Å². The average molecular weight is 377 g/mol. The van der Waals surface area contributed by atoms with Crippen molar-refractivity contribution in [3.8, 4) is 0 Å². The molecule has 0 aliphatic carbocycles. The van der Waals surface area contributed by atoms with Crippen LogP contribution in [0.25, 0.3) is 0 Å². The van der Waals surface area contributed by atoms with Gasteiger partial charge in [0.15, 0.2) is 0 Å². The highest BCUT2D eigenvalue weighted by Gasteiger charge is 2.20. The normalized spacial score (nSPS) is 11.2. The second-order valence-corrected chi connectivity index (χ2v) is 7.64. The highest BCUT2D eigenvalue weighted by molar-refractivity contribution is 7.89. The first-order valence-electron chi connectivity index (χ1n) is 7.68. The first-order chi connectivity index (χ1) is 12.1. The summed E-state index contributed by atoms with van der Waals surface area (Å²) in [7, 11) is -2.43. The number of hydrogen-bond donors (Lipinski definition) is 2. The number of aryl methyl sites for hydroxylation is 1. The molecule has 0 spiro atoms. The quantitative estimate of drug-likeness (QED) is 0.613. The molecule has 0 aliphatic heterocycles. The summed E-state index contributed by atoms with van der Waals surface area (Å²) in [5.41, 5.74) is 1.83. The van der Waals surface area contributed by atoms with Gasteiger partial charge in [0.05, 0.1) is 21.1 Å². The molecule has 0 unspecified atom stereocenters. The van der Waals surface area contributed by atoms with E-state index in [-0.39, 0.29) is 16.1 Å². The molecule has 0 atom stereocenters. The van der Waals surface area contributed by atoms with Crippen LogP contribution in [0.2, 0.25) is 0 Å². The van der Waals surface area contributed by atoms with Gasteiger partial charge in [0.2, 0.25) is 10.0 Å². The molecule has 0 saturated carbocycles. The predicted octanol–water partition coefficient (Wildman–Crippen LogP) is 2.68. The predicted molar refractivity (Wildman–Crippen MR) is 97.9 cm³/mol. The van der Waals surface area contributed by atoms with Crippen LogP contribution in [0.4, 0.5) is 11.4 Å². The molecule has 0 fully saturated rings. The van der Waals surface area contributed by atoms with Gasteiger partial charge in [-0.25, -0.2) is 13.1 Å². The maximum absolute atomic E-state index is 12.6. The molecule has 8 nitrogen and oxygen atoms in total. The van der Waals surface area contributed by atoms with Gasteiger partial charge < -0.3 is 5.32 Å². The lowest BCUT2D eigenvalue weighted by molar-refractivity contribution is -0.385. The summed E-state index contributed by atoms with van der Waals surface area (Å²) in [6.07, 6.45) is 0. The van der Waals surface area contributed by atoms with Crippen LogP contribution in [0.5, 0.6) is 0 Å². The minimum atomic E-state index is -3.73. The van der Waals surface area contributed by atoms with Crippen molar-refractivity contribution in [2.75, 3.05) is 12.4 Å². The van der Waals surface area contributed by atoms with Crippen molar-refractivity contribution in [3.05, 3.63) is 62.7 Å². The van der Waals surface area contributed by atoms with Gasteiger partial charge in [-0.2, -0.15) is 0 Å². The lowest BCUT2D eigenvalue weighted by Gasteiger charge is -2.13. The summed E-state index contributed by atoms with van der Waals surface area (Å²) in [5, 5.41) is 13.6. The van der Waals surface area contributed by atoms with E-state index in [0.717, 1.165) is 0 Å². The fourth-order valence-electron chi connectivity index (χ4n) is 2.50. The highest BCUT2D eigenvalue weighted by atomic mass is 32.2. The third-order valence-corrected chi connectivity index (χ3v) is 5.73. The van der Waals surface area contributed by atoms with E-state index in [9.17, 15) is 23.3 Å². The van der Waals surface area contributed by atoms with Gasteiger partial charge in [0, 0.05) is 11.6 Å². The first-order valence-corrected chi connectivity index (χ1v) is 9.17. The second kappa shape index (κ2) is 7.22. The van der Waals surface area contributed by atoms with E-state index in [4.69, 9.17) is 0 Å². The average Bonchev–Trinajstić information content (AvgIpc) is 2.58. The minimum absolute atomic E-state index is 0.0147. The number of anilines is 1. The van der Waals surface area contributed by atoms with Crippen LogP contribution in [0, 0.1) is 30.9 Å². The van der Waals surface area contributed by atoms with E-state index in [2.05, 4.69) is 10.0 Å². The largest absolute Gasteiger partial charge is 0.321 e. The molecule has 138 valence electrons. The van der Waals surface area contributed by atoms with E-state index in [1.807, 2.05) is 0 Å². The van der Waals surface area contributed by atoms with Crippen molar-refractivity contribution >= 4 is 27.3 Å². The molecule has 9 heteroatoms. The Bertz CT molecular complexity index is 1000. The molecule has 0 saturated heterocycles. The third-order valence-electron chi connectivity index (χ3n) is 4.19. The van der Waals surface area contributed by atoms with E-state index in [1.54, 1.807) is 26.0 Å². The molecule has 2 aromatic rings. The van der Waals surface area contributed by atoms with Crippen LogP contribution in [-0.4, -0.2) is 26.3 Å². The van der Waals surface area contributed by atoms with Crippen LogP contribution in [0.1, 0.15) is 27.0 Å². The molecular weight excluding hydrogens is 358 g/mol. The summed E-state index contributed by atoms with van der Waals surface area (Å²) in [4.78, 5) is 23.1. The number of carbonyl (C=O) groups excluding carboxylic acids is 1. The highest BCUT2D eigenvalue weighted by Crippen LogP contribution is 2.26. The molecule has 0 heterocycles. The Morgan fingerprint density at radius 3 is 2.35 bits per heavy atom. The van der Waals surface area contributed by atoms with Gasteiger partial charge >= 0.3 is 0 Å². The van der Waals surface area contributed by atoms with Crippen LogP contribution in [0.3, 0.4) is 0 Å². The maximum Gasteiger partial charge on any atom is 0.274 e. The molecule has 0 bridgehead atoms. The van der Waals surface area contributed by atoms with Gasteiger partial charge in [-0.1, -0.05) is 6.07 Å². The number of hydrogen-bond acceptors (Lipinski definition) is 5. The van der Waals surface area contributed by atoms with Crippen LogP contribution < -0.4 is 10.0 Å². The zero-order chi connectivity index (χ0) is 19.6. The number of amides is 1. The minimum Gasteiger partial charge on any atom is -0.321 e. The zero-order valence-electron chi connectivity index (χ0n) is 14.8. The van der Waals surface area contributed by atoms with Gasteiger partial charge in [-0.05, 0) is 57.1 Å². The van der Waals surface area contributed by atoms with Gasteiger partial charge in [-0.3, -0.25) is 14.9 Å². The molecule has 2 N–H and O–H groups in total. The number of carbonyl (C=O) groups is 1. The number of benzene rings is 2. The number of nitrogens with zero attached hydrogens (tertiary/aromatic N) is 1. The fraction of sp³-hybridized carbons (Fsp3) is 0.235. The monoisotopic (exact) mass is 377 g/mol. The third kappa shape index (κ3) is 3.73. The molecule has 0 aromatic heterocycles. The Labute approximate surface area is 151 Å². The zero-order valence-corrected chi connectivity index (χ0v) is 15.6. The summed E-state index contributed by atoms with van der Waals surface area (Å²) in [5.74, 6) is -0.552. The van der Waals surface area contributed by atoms with E-state index < -0.39 is 20.9 Å². The standard InChI is InChI=1S/C17H19N3O5S/c1-10-8-13(9-16(11(10)2)26(24,25)18-4)17(21)19-14-6-5-7-15(12(14)3)20(22)23/h5-9,18H,1-4H3,(H,19,21). The Morgan fingerprint density at radius 1 is 1.12 bits per heavy atom. The number of nitrogens with one attached hydrogen (secondary N) is 2. The van der Waals surface area contributed by atoms with Gasteiger partial charge in [0.25, 0.3) is 11.6 Å². The van der Waals surface area contributed by atoms with E-state index >= 15 is 0 Å². The topological polar surface area (TPSA) is 118 Å². The molecular formula is C17H19N3O5S. The van der Waals surface area contributed by atoms with Gasteiger partial charge in [-0.15, -0.1) is 0 Å². The molecule has 1 amide bonds. The Kier molecular flexibility index (Phi) is 5.43. The lowest BCUT2D eigenvalue weighted by Crippen LogP contribution is -2.21. The van der Waals surface area contributed by atoms with Crippen molar-refractivity contribution in [1.29, 1.82) is 0 Å². The van der Waals surface area contributed by atoms with Crippen molar-refractivity contribution < 1.29 is 18.1 Å². The second-order valence-electron chi connectivity index (χ2n) is 5.78. The van der Waals surface area contributed by atoms with Crippen molar-refractivity contribution in [2.45, 2.75) is 25.7 Å². The Morgan fingerprint density at radius 2 is 1.77 bits per heavy atom. The smallest absolute Gasteiger partial charge is 0.274 e. The summed E-state index contributed by atoms with van der Waals surface area (Å²) >= 11 is 0. The van der Waals surface area contributed by atoms with Crippen molar-refractivity contribution in [1.82, 2.24) is 4.72 Å². The molecule has 0 radical (unpaired) electrons. The number of nitro benzene ring substituents is 1. The SMILES string of the molecule is CNS(=O)(=O)c1cc(C(=O)Nc2cccc([N+](=O)[O-])c2C)cc(C)c1C. The maximum atomic E-state index is 12.6.